The monoisotopic (exact) mass is 316 g/mol. The summed E-state index contributed by atoms with van der Waals surface area (Å²) in [5.74, 6) is -0.145. The Morgan fingerprint density at radius 2 is 1.95 bits per heavy atom. The molecule has 0 atom stereocenters. The Morgan fingerprint density at radius 3 is 2.60 bits per heavy atom. The van der Waals surface area contributed by atoms with Gasteiger partial charge in [0.25, 0.3) is 0 Å². The van der Waals surface area contributed by atoms with E-state index in [1.165, 1.54) is 0 Å². The Morgan fingerprint density at radius 1 is 1.30 bits per heavy atom. The van der Waals surface area contributed by atoms with Gasteiger partial charge >= 0.3 is 0 Å². The van der Waals surface area contributed by atoms with E-state index in [2.05, 4.69) is 10.6 Å². The number of amides is 1. The largest absolute Gasteiger partial charge is 0.378 e. The van der Waals surface area contributed by atoms with Crippen LogP contribution in [0.2, 0.25) is 10.0 Å². The maximum absolute atomic E-state index is 11.8. The Labute approximate surface area is 128 Å². The summed E-state index contributed by atoms with van der Waals surface area (Å²) >= 11 is 12.0. The molecule has 20 heavy (non-hydrogen) atoms. The van der Waals surface area contributed by atoms with E-state index >= 15 is 0 Å². The van der Waals surface area contributed by atoms with Gasteiger partial charge in [0.15, 0.2) is 0 Å². The van der Waals surface area contributed by atoms with E-state index in [0.29, 0.717) is 28.8 Å². The number of benzene rings is 1. The minimum absolute atomic E-state index is 0.145. The van der Waals surface area contributed by atoms with Crippen LogP contribution in [0.4, 0.5) is 5.69 Å². The number of carbonyl (C=O) groups is 1. The Bertz CT molecular complexity index is 442. The molecule has 1 heterocycles. The van der Waals surface area contributed by atoms with Gasteiger partial charge in [-0.05, 0) is 38.1 Å². The number of rotatable bonds is 5. The van der Waals surface area contributed by atoms with E-state index in [0.717, 1.165) is 25.9 Å². The lowest BCUT2D eigenvalue weighted by Crippen LogP contribution is -2.33. The van der Waals surface area contributed by atoms with Gasteiger partial charge in [0.1, 0.15) is 0 Å². The molecular formula is C14H18Cl2N2O2. The van der Waals surface area contributed by atoms with Gasteiger partial charge in [0.2, 0.25) is 5.91 Å². The summed E-state index contributed by atoms with van der Waals surface area (Å²) in [6, 6.07) is 5.11. The second-order valence-electron chi connectivity index (χ2n) is 4.71. The fourth-order valence-corrected chi connectivity index (χ4v) is 2.59. The molecule has 1 aliphatic heterocycles. The van der Waals surface area contributed by atoms with Crippen LogP contribution in [0, 0.1) is 0 Å². The van der Waals surface area contributed by atoms with E-state index in [9.17, 15) is 4.79 Å². The van der Waals surface area contributed by atoms with E-state index in [4.69, 9.17) is 27.9 Å². The molecule has 2 rings (SSSR count). The molecule has 0 aliphatic carbocycles. The van der Waals surface area contributed by atoms with Crippen LogP contribution in [0.25, 0.3) is 0 Å². The summed E-state index contributed by atoms with van der Waals surface area (Å²) in [7, 11) is 0. The first kappa shape index (κ1) is 15.6. The Hall–Kier alpha value is -0.810. The molecule has 6 heteroatoms. The second kappa shape index (κ2) is 7.84. The van der Waals surface area contributed by atoms with Crippen molar-refractivity contribution in [3.05, 3.63) is 28.2 Å². The van der Waals surface area contributed by atoms with Gasteiger partial charge in [-0.3, -0.25) is 4.79 Å². The first-order chi connectivity index (χ1) is 9.66. The van der Waals surface area contributed by atoms with Crippen molar-refractivity contribution < 1.29 is 9.53 Å². The zero-order chi connectivity index (χ0) is 14.4. The van der Waals surface area contributed by atoms with Gasteiger partial charge < -0.3 is 15.4 Å². The van der Waals surface area contributed by atoms with Gasteiger partial charge in [0, 0.05) is 0 Å². The molecule has 1 aromatic rings. The van der Waals surface area contributed by atoms with Crippen molar-refractivity contribution in [2.45, 2.75) is 25.4 Å². The van der Waals surface area contributed by atoms with Crippen LogP contribution in [0.15, 0.2) is 18.2 Å². The summed E-state index contributed by atoms with van der Waals surface area (Å²) in [6.45, 7) is 2.37. The molecule has 1 fully saturated rings. The first-order valence-electron chi connectivity index (χ1n) is 6.73. The maximum atomic E-state index is 11.8. The third kappa shape index (κ3) is 4.63. The van der Waals surface area contributed by atoms with Crippen LogP contribution >= 0.6 is 23.2 Å². The summed E-state index contributed by atoms with van der Waals surface area (Å²) in [6.07, 6.45) is 2.55. The molecular weight excluding hydrogens is 299 g/mol. The molecule has 1 aromatic carbocycles. The number of piperidine rings is 1. The van der Waals surface area contributed by atoms with Crippen molar-refractivity contribution in [1.82, 2.24) is 5.32 Å². The Kier molecular flexibility index (Phi) is 6.10. The number of anilines is 1. The molecule has 0 bridgehead atoms. The van der Waals surface area contributed by atoms with Crippen molar-refractivity contribution in [2.75, 3.05) is 25.0 Å². The van der Waals surface area contributed by atoms with Gasteiger partial charge in [-0.1, -0.05) is 29.3 Å². The number of hydrogen-bond donors (Lipinski definition) is 2. The summed E-state index contributed by atoms with van der Waals surface area (Å²) in [5, 5.41) is 6.86. The van der Waals surface area contributed by atoms with Gasteiger partial charge in [0.05, 0.1) is 34.9 Å². The zero-order valence-corrected chi connectivity index (χ0v) is 12.6. The van der Waals surface area contributed by atoms with Crippen LogP contribution in [-0.4, -0.2) is 31.7 Å². The fraction of sp³-hybridized carbons (Fsp3) is 0.500. The number of ether oxygens (including phenoxy) is 1. The third-order valence-corrected chi connectivity index (χ3v) is 3.83. The van der Waals surface area contributed by atoms with Crippen molar-refractivity contribution in [3.8, 4) is 0 Å². The highest BCUT2D eigenvalue weighted by atomic mass is 35.5. The predicted molar refractivity (Wildman–Crippen MR) is 81.6 cm³/mol. The van der Waals surface area contributed by atoms with Crippen LogP contribution in [0.1, 0.15) is 19.3 Å². The highest BCUT2D eigenvalue weighted by molar-refractivity contribution is 6.39. The minimum Gasteiger partial charge on any atom is -0.378 e. The lowest BCUT2D eigenvalue weighted by molar-refractivity contribution is -0.117. The quantitative estimate of drug-likeness (QED) is 0.877. The molecule has 0 spiro atoms. The third-order valence-electron chi connectivity index (χ3n) is 3.20. The molecule has 0 unspecified atom stereocenters. The van der Waals surface area contributed by atoms with E-state index in [1.54, 1.807) is 18.2 Å². The van der Waals surface area contributed by atoms with Gasteiger partial charge in [-0.15, -0.1) is 0 Å². The number of para-hydroxylation sites is 1. The summed E-state index contributed by atoms with van der Waals surface area (Å²) in [4.78, 5) is 11.8. The van der Waals surface area contributed by atoms with Crippen molar-refractivity contribution >= 4 is 34.8 Å². The van der Waals surface area contributed by atoms with Crippen LogP contribution < -0.4 is 10.6 Å². The van der Waals surface area contributed by atoms with E-state index in [1.807, 2.05) is 0 Å². The van der Waals surface area contributed by atoms with Gasteiger partial charge in [-0.2, -0.15) is 0 Å². The molecule has 1 amide bonds. The lowest BCUT2D eigenvalue weighted by atomic mass is 10.1. The van der Waals surface area contributed by atoms with Crippen LogP contribution in [-0.2, 0) is 9.53 Å². The first-order valence-corrected chi connectivity index (χ1v) is 7.48. The molecule has 0 aromatic heterocycles. The maximum Gasteiger partial charge on any atom is 0.226 e. The normalized spacial score (nSPS) is 16.1. The Balaban J connectivity index is 1.75. The fourth-order valence-electron chi connectivity index (χ4n) is 2.10. The molecule has 110 valence electrons. The second-order valence-corrected chi connectivity index (χ2v) is 5.53. The van der Waals surface area contributed by atoms with Crippen LogP contribution in [0.5, 0.6) is 0 Å². The van der Waals surface area contributed by atoms with E-state index in [-0.39, 0.29) is 12.0 Å². The molecule has 1 aliphatic rings. The number of hydrogen-bond acceptors (Lipinski definition) is 3. The van der Waals surface area contributed by atoms with Crippen molar-refractivity contribution in [3.63, 3.8) is 0 Å². The SMILES string of the molecule is O=C(CCOC1CCNCC1)Nc1c(Cl)cccc1Cl. The molecule has 0 radical (unpaired) electrons. The summed E-state index contributed by atoms with van der Waals surface area (Å²) < 4.78 is 5.68. The van der Waals surface area contributed by atoms with Crippen LogP contribution in [0.3, 0.4) is 0 Å². The lowest BCUT2D eigenvalue weighted by Gasteiger charge is -2.22. The average Bonchev–Trinajstić information content (AvgIpc) is 2.44. The molecule has 1 saturated heterocycles. The van der Waals surface area contributed by atoms with Crippen molar-refractivity contribution in [1.29, 1.82) is 0 Å². The van der Waals surface area contributed by atoms with E-state index < -0.39 is 0 Å². The number of halogens is 2. The van der Waals surface area contributed by atoms with Gasteiger partial charge in [-0.25, -0.2) is 0 Å². The minimum atomic E-state index is -0.145. The number of nitrogens with one attached hydrogen (secondary N) is 2. The predicted octanol–water partition coefficient (Wildman–Crippen LogP) is 3.09. The highest BCUT2D eigenvalue weighted by Gasteiger charge is 2.14. The molecule has 0 saturated carbocycles. The number of carbonyl (C=O) groups excluding carboxylic acids is 1. The van der Waals surface area contributed by atoms with Crippen molar-refractivity contribution in [2.24, 2.45) is 0 Å². The smallest absolute Gasteiger partial charge is 0.226 e. The summed E-state index contributed by atoms with van der Waals surface area (Å²) in [5.41, 5.74) is 0.461. The standard InChI is InChI=1S/C14H18Cl2N2O2/c15-11-2-1-3-12(16)14(11)18-13(19)6-9-20-10-4-7-17-8-5-10/h1-3,10,17H,4-9H2,(H,18,19). The molecule has 2 N–H and O–H groups in total. The topological polar surface area (TPSA) is 50.4 Å². The highest BCUT2D eigenvalue weighted by Crippen LogP contribution is 2.29. The average molecular weight is 317 g/mol. The zero-order valence-electron chi connectivity index (χ0n) is 11.1. The molecule has 4 nitrogen and oxygen atoms in total.